The quantitative estimate of drug-likeness (QED) is 0.945. The maximum absolute atomic E-state index is 12.3. The van der Waals surface area contributed by atoms with Crippen LogP contribution in [0.5, 0.6) is 0 Å². The first kappa shape index (κ1) is 14.4. The second-order valence-electron chi connectivity index (χ2n) is 4.18. The topological polar surface area (TPSA) is 70.0 Å². The van der Waals surface area contributed by atoms with Gasteiger partial charge in [-0.05, 0) is 36.8 Å². The van der Waals surface area contributed by atoms with Gasteiger partial charge in [0.1, 0.15) is 4.90 Å². The van der Waals surface area contributed by atoms with Gasteiger partial charge in [-0.3, -0.25) is 4.72 Å². The van der Waals surface area contributed by atoms with E-state index in [-0.39, 0.29) is 15.5 Å². The van der Waals surface area contributed by atoms with Crippen LogP contribution in [0, 0.1) is 18.3 Å². The van der Waals surface area contributed by atoms with Crippen molar-refractivity contribution >= 4 is 27.3 Å². The van der Waals surface area contributed by atoms with Crippen molar-refractivity contribution in [2.24, 2.45) is 0 Å². The minimum atomic E-state index is -3.83. The Kier molecular flexibility index (Phi) is 3.98. The third-order valence-electron chi connectivity index (χ3n) is 2.74. The van der Waals surface area contributed by atoms with Crippen molar-refractivity contribution in [1.29, 1.82) is 5.26 Å². The van der Waals surface area contributed by atoms with Gasteiger partial charge in [0.15, 0.2) is 0 Å². The van der Waals surface area contributed by atoms with Gasteiger partial charge < -0.3 is 0 Å². The SMILES string of the molecule is Cc1ccccc1NS(=O)(=O)c1cc(C#N)ccc1Cl. The lowest BCUT2D eigenvalue weighted by atomic mass is 10.2. The first-order chi connectivity index (χ1) is 9.44. The van der Waals surface area contributed by atoms with Crippen LogP contribution < -0.4 is 4.72 Å². The number of nitrogens with zero attached hydrogens (tertiary/aromatic N) is 1. The van der Waals surface area contributed by atoms with Crippen LogP contribution in [-0.2, 0) is 10.0 Å². The maximum Gasteiger partial charge on any atom is 0.263 e. The number of sulfonamides is 1. The zero-order chi connectivity index (χ0) is 14.8. The first-order valence-corrected chi connectivity index (χ1v) is 7.58. The first-order valence-electron chi connectivity index (χ1n) is 5.72. The number of halogens is 1. The Morgan fingerprint density at radius 2 is 1.90 bits per heavy atom. The van der Waals surface area contributed by atoms with Crippen LogP contribution in [-0.4, -0.2) is 8.42 Å². The fraction of sp³-hybridized carbons (Fsp3) is 0.0714. The van der Waals surface area contributed by atoms with Crippen LogP contribution in [0.25, 0.3) is 0 Å². The second-order valence-corrected chi connectivity index (χ2v) is 6.24. The van der Waals surface area contributed by atoms with Crippen LogP contribution in [0.1, 0.15) is 11.1 Å². The van der Waals surface area contributed by atoms with Crippen LogP contribution in [0.4, 0.5) is 5.69 Å². The summed E-state index contributed by atoms with van der Waals surface area (Å²) in [6.45, 7) is 1.80. The fourth-order valence-electron chi connectivity index (χ4n) is 1.67. The molecule has 0 saturated heterocycles. The molecule has 6 heteroatoms. The number of benzene rings is 2. The maximum atomic E-state index is 12.3. The van der Waals surface area contributed by atoms with Crippen LogP contribution in [0.3, 0.4) is 0 Å². The van der Waals surface area contributed by atoms with Crippen LogP contribution in [0.2, 0.25) is 5.02 Å². The van der Waals surface area contributed by atoms with Gasteiger partial charge in [0, 0.05) is 0 Å². The lowest BCUT2D eigenvalue weighted by molar-refractivity contribution is 0.601. The molecular formula is C14H11ClN2O2S. The molecule has 0 unspecified atom stereocenters. The molecule has 1 N–H and O–H groups in total. The molecule has 0 amide bonds. The molecule has 0 fully saturated rings. The van der Waals surface area contributed by atoms with Crippen molar-refractivity contribution in [3.05, 3.63) is 58.6 Å². The molecule has 0 aliphatic carbocycles. The summed E-state index contributed by atoms with van der Waals surface area (Å²) in [5.41, 5.74) is 1.51. The van der Waals surface area contributed by atoms with Gasteiger partial charge in [-0.2, -0.15) is 5.26 Å². The van der Waals surface area contributed by atoms with Crippen molar-refractivity contribution in [3.63, 3.8) is 0 Å². The Labute approximate surface area is 122 Å². The van der Waals surface area contributed by atoms with E-state index in [2.05, 4.69) is 4.72 Å². The Hall–Kier alpha value is -2.03. The molecule has 102 valence electrons. The zero-order valence-corrected chi connectivity index (χ0v) is 12.2. The van der Waals surface area contributed by atoms with E-state index in [0.29, 0.717) is 5.69 Å². The number of nitriles is 1. The number of hydrogen-bond donors (Lipinski definition) is 1. The summed E-state index contributed by atoms with van der Waals surface area (Å²) < 4.78 is 27.1. The highest BCUT2D eigenvalue weighted by molar-refractivity contribution is 7.92. The van der Waals surface area contributed by atoms with E-state index in [1.54, 1.807) is 25.1 Å². The molecule has 20 heavy (non-hydrogen) atoms. The van der Waals surface area contributed by atoms with Crippen molar-refractivity contribution in [1.82, 2.24) is 0 Å². The third-order valence-corrected chi connectivity index (χ3v) is 4.59. The highest BCUT2D eigenvalue weighted by Crippen LogP contribution is 2.25. The Morgan fingerprint density at radius 1 is 1.20 bits per heavy atom. The van der Waals surface area contributed by atoms with Gasteiger partial charge in [-0.25, -0.2) is 8.42 Å². The van der Waals surface area contributed by atoms with Crippen LogP contribution in [0.15, 0.2) is 47.4 Å². The summed E-state index contributed by atoms with van der Waals surface area (Å²) in [5.74, 6) is 0. The van der Waals surface area contributed by atoms with E-state index >= 15 is 0 Å². The van der Waals surface area contributed by atoms with Gasteiger partial charge in [0.2, 0.25) is 0 Å². The number of para-hydroxylation sites is 1. The molecule has 0 atom stereocenters. The average Bonchev–Trinajstić information content (AvgIpc) is 2.41. The molecule has 4 nitrogen and oxygen atoms in total. The van der Waals surface area contributed by atoms with Crippen molar-refractivity contribution < 1.29 is 8.42 Å². The normalized spacial score (nSPS) is 10.8. The predicted octanol–water partition coefficient (Wildman–Crippen LogP) is 3.32. The summed E-state index contributed by atoms with van der Waals surface area (Å²) in [5, 5.41) is 8.92. The highest BCUT2D eigenvalue weighted by Gasteiger charge is 2.19. The van der Waals surface area contributed by atoms with E-state index in [1.807, 2.05) is 12.1 Å². The predicted molar refractivity (Wildman–Crippen MR) is 78.2 cm³/mol. The molecule has 0 spiro atoms. The second kappa shape index (κ2) is 5.53. The van der Waals surface area contributed by atoms with Gasteiger partial charge >= 0.3 is 0 Å². The lowest BCUT2D eigenvalue weighted by Gasteiger charge is -2.11. The summed E-state index contributed by atoms with van der Waals surface area (Å²) in [6.07, 6.45) is 0. The summed E-state index contributed by atoms with van der Waals surface area (Å²) in [6, 6.07) is 13.0. The summed E-state index contributed by atoms with van der Waals surface area (Å²) in [7, 11) is -3.83. The smallest absolute Gasteiger partial charge is 0.263 e. The monoisotopic (exact) mass is 306 g/mol. The number of nitrogens with one attached hydrogen (secondary N) is 1. The molecule has 0 aromatic heterocycles. The van der Waals surface area contributed by atoms with E-state index in [1.165, 1.54) is 18.2 Å². The number of hydrogen-bond acceptors (Lipinski definition) is 3. The van der Waals surface area contributed by atoms with Crippen molar-refractivity contribution in [2.45, 2.75) is 11.8 Å². The number of rotatable bonds is 3. The summed E-state index contributed by atoms with van der Waals surface area (Å²) in [4.78, 5) is -0.110. The standard InChI is InChI=1S/C14H11ClN2O2S/c1-10-4-2-3-5-13(10)17-20(18,19)14-8-11(9-16)6-7-12(14)15/h2-8,17H,1H3. The molecule has 2 aromatic rings. The molecule has 0 radical (unpaired) electrons. The van der Waals surface area contributed by atoms with Crippen molar-refractivity contribution in [2.75, 3.05) is 4.72 Å². The van der Waals surface area contributed by atoms with E-state index in [9.17, 15) is 8.42 Å². The van der Waals surface area contributed by atoms with Gasteiger partial charge in [0.05, 0.1) is 22.3 Å². The van der Waals surface area contributed by atoms with Gasteiger partial charge in [-0.1, -0.05) is 29.8 Å². The fourth-order valence-corrected chi connectivity index (χ4v) is 3.32. The van der Waals surface area contributed by atoms with E-state index in [0.717, 1.165) is 5.56 Å². The lowest BCUT2D eigenvalue weighted by Crippen LogP contribution is -2.14. The Morgan fingerprint density at radius 3 is 2.55 bits per heavy atom. The molecule has 0 aliphatic heterocycles. The van der Waals surface area contributed by atoms with E-state index in [4.69, 9.17) is 16.9 Å². The van der Waals surface area contributed by atoms with Gasteiger partial charge in [-0.15, -0.1) is 0 Å². The van der Waals surface area contributed by atoms with Crippen molar-refractivity contribution in [3.8, 4) is 6.07 Å². The largest absolute Gasteiger partial charge is 0.279 e. The third kappa shape index (κ3) is 2.93. The molecule has 2 aromatic carbocycles. The molecule has 0 bridgehead atoms. The molecule has 0 heterocycles. The molecule has 0 saturated carbocycles. The average molecular weight is 307 g/mol. The van der Waals surface area contributed by atoms with E-state index < -0.39 is 10.0 Å². The molecule has 2 rings (SSSR count). The molecule has 0 aliphatic rings. The summed E-state index contributed by atoms with van der Waals surface area (Å²) >= 11 is 5.92. The minimum Gasteiger partial charge on any atom is -0.279 e. The van der Waals surface area contributed by atoms with Gasteiger partial charge in [0.25, 0.3) is 10.0 Å². The Bertz CT molecular complexity index is 795. The highest BCUT2D eigenvalue weighted by atomic mass is 35.5. The molecular weight excluding hydrogens is 296 g/mol. The minimum absolute atomic E-state index is 0.0742. The number of anilines is 1. The van der Waals surface area contributed by atoms with Crippen LogP contribution >= 0.6 is 11.6 Å². The Balaban J connectivity index is 2.47. The zero-order valence-electron chi connectivity index (χ0n) is 10.6. The number of aryl methyl sites for hydroxylation is 1.